The molecule has 1 saturated heterocycles. The maximum absolute atomic E-state index is 12.6. The quantitative estimate of drug-likeness (QED) is 0.876. The third-order valence-electron chi connectivity index (χ3n) is 5.19. The Morgan fingerprint density at radius 3 is 2.77 bits per heavy atom. The average molecular weight is 364 g/mol. The highest BCUT2D eigenvalue weighted by Crippen LogP contribution is 2.32. The Labute approximate surface area is 140 Å². The van der Waals surface area contributed by atoms with Crippen molar-refractivity contribution in [3.8, 4) is 0 Å². The molecule has 2 aliphatic heterocycles. The van der Waals surface area contributed by atoms with Crippen LogP contribution in [0.1, 0.15) is 30.9 Å². The first-order chi connectivity index (χ1) is 10.6. The van der Waals surface area contributed by atoms with Gasteiger partial charge in [-0.2, -0.15) is 0 Å². The minimum atomic E-state index is 0.0850. The number of halogens is 1. The Bertz CT molecular complexity index is 602. The number of fused-ring (bicyclic) bond motifs is 1. The topological polar surface area (TPSA) is 35.6 Å². The lowest BCUT2D eigenvalue weighted by molar-refractivity contribution is 0.192. The molecule has 2 heterocycles. The van der Waals surface area contributed by atoms with Crippen LogP contribution in [0.5, 0.6) is 0 Å². The fourth-order valence-electron chi connectivity index (χ4n) is 3.69. The minimum Gasteiger partial charge on any atom is -0.334 e. The monoisotopic (exact) mass is 363 g/mol. The molecule has 118 valence electrons. The largest absolute Gasteiger partial charge is 0.334 e. The molecule has 1 aliphatic carbocycles. The zero-order chi connectivity index (χ0) is 15.3. The van der Waals surface area contributed by atoms with E-state index in [-0.39, 0.29) is 6.03 Å². The first-order valence-electron chi connectivity index (χ1n) is 8.17. The summed E-state index contributed by atoms with van der Waals surface area (Å²) in [5.74, 6) is 0.545. The van der Waals surface area contributed by atoms with Crippen LogP contribution in [-0.2, 0) is 13.1 Å². The number of nitrogens with zero attached hydrogens (tertiary/aromatic N) is 2. The second-order valence-electron chi connectivity index (χ2n) is 6.99. The summed E-state index contributed by atoms with van der Waals surface area (Å²) in [6, 6.07) is 7.45. The molecule has 5 heteroatoms. The van der Waals surface area contributed by atoms with Gasteiger partial charge in [0, 0.05) is 42.7 Å². The van der Waals surface area contributed by atoms with Gasteiger partial charge in [-0.3, -0.25) is 4.90 Å². The van der Waals surface area contributed by atoms with Crippen LogP contribution < -0.4 is 5.32 Å². The standard InChI is InChI=1S/C17H22BrN3O/c1-11-7-20(15-4-5-15)10-16(11)19-17(22)21-8-12-2-3-14(18)6-13(12)9-21/h2-3,6,11,15-16H,4-5,7-10H2,1H3,(H,19,22). The van der Waals surface area contributed by atoms with E-state index in [2.05, 4.69) is 45.2 Å². The van der Waals surface area contributed by atoms with Gasteiger partial charge in [-0.1, -0.05) is 28.9 Å². The van der Waals surface area contributed by atoms with Crippen molar-refractivity contribution in [3.05, 3.63) is 33.8 Å². The van der Waals surface area contributed by atoms with Crippen molar-refractivity contribution in [2.45, 2.75) is 44.9 Å². The summed E-state index contributed by atoms with van der Waals surface area (Å²) in [5, 5.41) is 3.27. The third-order valence-corrected chi connectivity index (χ3v) is 5.68. The van der Waals surface area contributed by atoms with Crippen LogP contribution in [0.15, 0.2) is 22.7 Å². The molecule has 1 aromatic carbocycles. The molecule has 4 rings (SSSR count). The van der Waals surface area contributed by atoms with E-state index in [4.69, 9.17) is 0 Å². The van der Waals surface area contributed by atoms with Crippen molar-refractivity contribution in [2.75, 3.05) is 13.1 Å². The van der Waals surface area contributed by atoms with Crippen LogP contribution in [0.4, 0.5) is 4.79 Å². The molecule has 2 amide bonds. The van der Waals surface area contributed by atoms with E-state index in [0.717, 1.165) is 30.1 Å². The van der Waals surface area contributed by atoms with Crippen LogP contribution in [0.2, 0.25) is 0 Å². The van der Waals surface area contributed by atoms with Crippen molar-refractivity contribution < 1.29 is 4.79 Å². The average Bonchev–Trinajstić information content (AvgIpc) is 3.15. The molecule has 22 heavy (non-hydrogen) atoms. The Hall–Kier alpha value is -1.07. The van der Waals surface area contributed by atoms with Crippen molar-refractivity contribution in [1.29, 1.82) is 0 Å². The number of carbonyl (C=O) groups excluding carboxylic acids is 1. The van der Waals surface area contributed by atoms with Gasteiger partial charge in [0.05, 0.1) is 0 Å². The van der Waals surface area contributed by atoms with Gasteiger partial charge in [0.2, 0.25) is 0 Å². The zero-order valence-electron chi connectivity index (χ0n) is 12.9. The molecule has 4 nitrogen and oxygen atoms in total. The SMILES string of the molecule is CC1CN(C2CC2)CC1NC(=O)N1Cc2ccc(Br)cc2C1. The summed E-state index contributed by atoms with van der Waals surface area (Å²) in [7, 11) is 0. The molecule has 2 fully saturated rings. The third kappa shape index (κ3) is 2.76. The molecule has 0 bridgehead atoms. The number of carbonyl (C=O) groups is 1. The Morgan fingerprint density at radius 1 is 1.23 bits per heavy atom. The van der Waals surface area contributed by atoms with Crippen molar-refractivity contribution >= 4 is 22.0 Å². The molecule has 1 aromatic rings. The van der Waals surface area contributed by atoms with Crippen LogP contribution in [0.25, 0.3) is 0 Å². The second kappa shape index (κ2) is 5.53. The maximum Gasteiger partial charge on any atom is 0.318 e. The fraction of sp³-hybridized carbons (Fsp3) is 0.588. The molecule has 3 aliphatic rings. The number of benzene rings is 1. The van der Waals surface area contributed by atoms with Gasteiger partial charge in [0.15, 0.2) is 0 Å². The fourth-order valence-corrected chi connectivity index (χ4v) is 4.10. The normalized spacial score (nSPS) is 28.0. The molecule has 2 atom stereocenters. The van der Waals surface area contributed by atoms with Crippen molar-refractivity contribution in [2.24, 2.45) is 5.92 Å². The molecule has 2 unspecified atom stereocenters. The Balaban J connectivity index is 1.37. The molecular formula is C17H22BrN3O. The highest BCUT2D eigenvalue weighted by atomic mass is 79.9. The number of amides is 2. The number of hydrogen-bond acceptors (Lipinski definition) is 2. The van der Waals surface area contributed by atoms with Gasteiger partial charge in [0.1, 0.15) is 0 Å². The van der Waals surface area contributed by atoms with E-state index in [1.807, 2.05) is 11.0 Å². The minimum absolute atomic E-state index is 0.0850. The zero-order valence-corrected chi connectivity index (χ0v) is 14.5. The van der Waals surface area contributed by atoms with Crippen LogP contribution in [0, 0.1) is 5.92 Å². The summed E-state index contributed by atoms with van der Waals surface area (Å²) in [5.41, 5.74) is 2.51. The second-order valence-corrected chi connectivity index (χ2v) is 7.90. The van der Waals surface area contributed by atoms with Gasteiger partial charge >= 0.3 is 6.03 Å². The van der Waals surface area contributed by atoms with Crippen molar-refractivity contribution in [3.63, 3.8) is 0 Å². The van der Waals surface area contributed by atoms with E-state index < -0.39 is 0 Å². The molecule has 1 saturated carbocycles. The Morgan fingerprint density at radius 2 is 2.00 bits per heavy atom. The number of nitrogens with one attached hydrogen (secondary N) is 1. The molecule has 0 spiro atoms. The lowest BCUT2D eigenvalue weighted by Gasteiger charge is -2.22. The van der Waals surface area contributed by atoms with E-state index in [1.54, 1.807) is 0 Å². The van der Waals surface area contributed by atoms with Crippen LogP contribution in [-0.4, -0.2) is 41.0 Å². The summed E-state index contributed by atoms with van der Waals surface area (Å²) in [6.45, 7) is 5.84. The van der Waals surface area contributed by atoms with E-state index in [0.29, 0.717) is 18.5 Å². The lowest BCUT2D eigenvalue weighted by Crippen LogP contribution is -2.45. The number of urea groups is 1. The van der Waals surface area contributed by atoms with Gasteiger partial charge in [-0.25, -0.2) is 4.79 Å². The Kier molecular flexibility index (Phi) is 3.65. The van der Waals surface area contributed by atoms with E-state index >= 15 is 0 Å². The van der Waals surface area contributed by atoms with Crippen molar-refractivity contribution in [1.82, 2.24) is 15.1 Å². The van der Waals surface area contributed by atoms with Crippen LogP contribution >= 0.6 is 15.9 Å². The maximum atomic E-state index is 12.6. The summed E-state index contributed by atoms with van der Waals surface area (Å²) < 4.78 is 1.08. The first kappa shape index (κ1) is 14.5. The van der Waals surface area contributed by atoms with E-state index in [1.165, 1.54) is 24.0 Å². The number of likely N-dealkylation sites (tertiary alicyclic amines) is 1. The molecular weight excluding hydrogens is 342 g/mol. The summed E-state index contributed by atoms with van der Waals surface area (Å²) in [6.07, 6.45) is 2.67. The highest BCUT2D eigenvalue weighted by molar-refractivity contribution is 9.10. The van der Waals surface area contributed by atoms with Gasteiger partial charge < -0.3 is 10.2 Å². The highest BCUT2D eigenvalue weighted by Gasteiger charge is 2.39. The predicted octanol–water partition coefficient (Wildman–Crippen LogP) is 2.96. The molecule has 0 radical (unpaired) electrons. The lowest BCUT2D eigenvalue weighted by atomic mass is 10.1. The number of hydrogen-bond donors (Lipinski definition) is 1. The van der Waals surface area contributed by atoms with Gasteiger partial charge in [0.25, 0.3) is 0 Å². The summed E-state index contributed by atoms with van der Waals surface area (Å²) in [4.78, 5) is 17.0. The number of rotatable bonds is 2. The smallest absolute Gasteiger partial charge is 0.318 e. The van der Waals surface area contributed by atoms with Gasteiger partial charge in [-0.05, 0) is 42.0 Å². The summed E-state index contributed by atoms with van der Waals surface area (Å²) >= 11 is 3.50. The van der Waals surface area contributed by atoms with Gasteiger partial charge in [-0.15, -0.1) is 0 Å². The molecule has 0 aromatic heterocycles. The van der Waals surface area contributed by atoms with Crippen LogP contribution in [0.3, 0.4) is 0 Å². The predicted molar refractivity (Wildman–Crippen MR) is 89.5 cm³/mol. The first-order valence-corrected chi connectivity index (χ1v) is 8.96. The van der Waals surface area contributed by atoms with E-state index in [9.17, 15) is 4.79 Å². The molecule has 1 N–H and O–H groups in total.